The highest BCUT2D eigenvalue weighted by atomic mass is 16.5. The predicted octanol–water partition coefficient (Wildman–Crippen LogP) is 1.58. The molecule has 2 rings (SSSR count). The lowest BCUT2D eigenvalue weighted by Crippen LogP contribution is -2.25. The predicted molar refractivity (Wildman–Crippen MR) is 73.2 cm³/mol. The van der Waals surface area contributed by atoms with E-state index in [1.54, 1.807) is 0 Å². The van der Waals surface area contributed by atoms with Gasteiger partial charge in [0.05, 0.1) is 0 Å². The molecule has 0 unspecified atom stereocenters. The third-order valence-electron chi connectivity index (χ3n) is 2.57. The van der Waals surface area contributed by atoms with Crippen LogP contribution in [0.2, 0.25) is 0 Å². The molecule has 0 amide bonds. The number of rotatable bonds is 2. The van der Waals surface area contributed by atoms with E-state index < -0.39 is 0 Å². The number of benzene rings is 1. The van der Waals surface area contributed by atoms with Gasteiger partial charge in [-0.2, -0.15) is 0 Å². The number of nitrogens with two attached hydrogens (primary N) is 1. The number of hydrogen-bond donors (Lipinski definition) is 1. The minimum Gasteiger partial charge on any atom is -0.462 e. The Bertz CT molecular complexity index is 485. The Kier molecular flexibility index (Phi) is 3.73. The summed E-state index contributed by atoms with van der Waals surface area (Å²) in [6.07, 6.45) is 0. The van der Waals surface area contributed by atoms with E-state index in [1.807, 2.05) is 35.2 Å². The zero-order valence-electron chi connectivity index (χ0n) is 10.6. The molecule has 94 valence electrons. The summed E-state index contributed by atoms with van der Waals surface area (Å²) < 4.78 is 5.07. The maximum atomic E-state index is 5.45. The van der Waals surface area contributed by atoms with Crippen molar-refractivity contribution in [2.24, 2.45) is 10.7 Å². The number of amidine groups is 1. The second-order valence-corrected chi connectivity index (χ2v) is 4.35. The average molecular weight is 243 g/mol. The van der Waals surface area contributed by atoms with Crippen LogP contribution in [0.25, 0.3) is 0 Å². The molecule has 0 saturated heterocycles. The van der Waals surface area contributed by atoms with Crippen LogP contribution < -0.4 is 10.6 Å². The molecule has 4 nitrogen and oxygen atoms in total. The molecular formula is C14H17N3O. The highest BCUT2D eigenvalue weighted by Crippen LogP contribution is 2.15. The highest BCUT2D eigenvalue weighted by molar-refractivity contribution is 5.73. The number of hydrogen-bond acceptors (Lipinski definition) is 4. The van der Waals surface area contributed by atoms with Crippen LogP contribution in [0.4, 0.5) is 5.69 Å². The number of para-hydroxylation sites is 1. The Morgan fingerprint density at radius 2 is 2.11 bits per heavy atom. The summed E-state index contributed by atoms with van der Waals surface area (Å²) in [5.41, 5.74) is 6.53. The van der Waals surface area contributed by atoms with Crippen molar-refractivity contribution in [2.45, 2.75) is 25.9 Å². The second kappa shape index (κ2) is 5.46. The van der Waals surface area contributed by atoms with E-state index in [4.69, 9.17) is 10.5 Å². The van der Waals surface area contributed by atoms with Crippen LogP contribution in [0.3, 0.4) is 0 Å². The molecule has 4 heteroatoms. The van der Waals surface area contributed by atoms with E-state index in [9.17, 15) is 0 Å². The number of anilines is 1. The quantitative estimate of drug-likeness (QED) is 0.633. The molecular weight excluding hydrogens is 226 g/mol. The van der Waals surface area contributed by atoms with Gasteiger partial charge in [-0.05, 0) is 31.9 Å². The van der Waals surface area contributed by atoms with Crippen LogP contribution in [0.15, 0.2) is 35.3 Å². The molecule has 1 atom stereocenters. The topological polar surface area (TPSA) is 50.9 Å². The van der Waals surface area contributed by atoms with E-state index in [0.29, 0.717) is 12.6 Å². The van der Waals surface area contributed by atoms with Gasteiger partial charge in [-0.15, -0.1) is 0 Å². The molecule has 1 aliphatic heterocycles. The summed E-state index contributed by atoms with van der Waals surface area (Å²) in [5.74, 6) is 3.08. The third-order valence-corrected chi connectivity index (χ3v) is 2.57. The molecule has 1 heterocycles. The Morgan fingerprint density at radius 3 is 2.67 bits per heavy atom. The lowest BCUT2D eigenvalue weighted by molar-refractivity contribution is 0.329. The van der Waals surface area contributed by atoms with E-state index in [0.717, 1.165) is 5.69 Å². The Balaban J connectivity index is 2.16. The molecule has 0 bridgehead atoms. The van der Waals surface area contributed by atoms with Crippen LogP contribution in [0, 0.1) is 12.0 Å². The summed E-state index contributed by atoms with van der Waals surface area (Å²) >= 11 is 0. The van der Waals surface area contributed by atoms with Crippen LogP contribution >= 0.6 is 0 Å². The summed E-state index contributed by atoms with van der Waals surface area (Å²) in [6.45, 7) is 4.65. The maximum Gasteiger partial charge on any atom is 0.283 e. The molecule has 0 radical (unpaired) electrons. The van der Waals surface area contributed by atoms with E-state index in [-0.39, 0.29) is 12.1 Å². The molecule has 1 aromatic carbocycles. The first-order chi connectivity index (χ1) is 8.66. The van der Waals surface area contributed by atoms with Gasteiger partial charge in [0.2, 0.25) is 0 Å². The molecule has 2 N–H and O–H groups in total. The lowest BCUT2D eigenvalue weighted by atomic mass is 10.2. The van der Waals surface area contributed by atoms with E-state index in [1.165, 1.54) is 0 Å². The van der Waals surface area contributed by atoms with Crippen molar-refractivity contribution >= 4 is 11.7 Å². The van der Waals surface area contributed by atoms with Crippen LogP contribution in [-0.4, -0.2) is 24.7 Å². The van der Waals surface area contributed by atoms with Crippen molar-refractivity contribution < 1.29 is 4.74 Å². The van der Waals surface area contributed by atoms with Crippen molar-refractivity contribution in [1.29, 1.82) is 0 Å². The molecule has 0 aromatic heterocycles. The van der Waals surface area contributed by atoms with Gasteiger partial charge in [-0.1, -0.05) is 18.2 Å². The van der Waals surface area contributed by atoms with Gasteiger partial charge in [-0.3, -0.25) is 4.90 Å². The lowest BCUT2D eigenvalue weighted by Gasteiger charge is -2.22. The van der Waals surface area contributed by atoms with Crippen LogP contribution in [0.5, 0.6) is 0 Å². The number of nitrogens with zero attached hydrogens (tertiary/aromatic N) is 2. The third kappa shape index (κ3) is 2.95. The first-order valence-electron chi connectivity index (χ1n) is 5.98. The zero-order chi connectivity index (χ0) is 13.0. The SMILES string of the molecule is CC(C)N(C#C[C@@H]1COC(N)=N1)c1ccccc1. The summed E-state index contributed by atoms with van der Waals surface area (Å²) in [7, 11) is 0. The highest BCUT2D eigenvalue weighted by Gasteiger charge is 2.14. The Hall–Kier alpha value is -2.15. The maximum absolute atomic E-state index is 5.45. The molecule has 1 aliphatic rings. The Morgan fingerprint density at radius 1 is 1.39 bits per heavy atom. The van der Waals surface area contributed by atoms with Gasteiger partial charge in [-0.25, -0.2) is 4.99 Å². The zero-order valence-corrected chi connectivity index (χ0v) is 10.6. The van der Waals surface area contributed by atoms with Crippen molar-refractivity contribution in [3.63, 3.8) is 0 Å². The summed E-state index contributed by atoms with van der Waals surface area (Å²) in [6, 6.07) is 13.6. The van der Waals surface area contributed by atoms with Gasteiger partial charge in [0, 0.05) is 17.8 Å². The van der Waals surface area contributed by atoms with Gasteiger partial charge in [0.1, 0.15) is 6.61 Å². The standard InChI is InChI=1S/C14H17N3O/c1-11(2)17(13-6-4-3-5-7-13)9-8-12-10-18-14(15)16-12/h3-7,11-12H,10H2,1-2H3,(H2,15,16)/t12-/m1/s1. The van der Waals surface area contributed by atoms with Gasteiger partial charge in [0.15, 0.2) is 6.04 Å². The first-order valence-corrected chi connectivity index (χ1v) is 5.98. The van der Waals surface area contributed by atoms with Crippen molar-refractivity contribution in [3.8, 4) is 12.0 Å². The number of aliphatic imine (C=N–C) groups is 1. The fourth-order valence-electron chi connectivity index (χ4n) is 1.69. The van der Waals surface area contributed by atoms with Gasteiger partial charge < -0.3 is 10.5 Å². The average Bonchev–Trinajstić information content (AvgIpc) is 2.76. The molecule has 0 aliphatic carbocycles. The van der Waals surface area contributed by atoms with Crippen molar-refractivity contribution in [1.82, 2.24) is 0 Å². The fourth-order valence-corrected chi connectivity index (χ4v) is 1.69. The largest absolute Gasteiger partial charge is 0.462 e. The van der Waals surface area contributed by atoms with E-state index >= 15 is 0 Å². The monoisotopic (exact) mass is 243 g/mol. The number of ether oxygens (including phenoxy) is 1. The smallest absolute Gasteiger partial charge is 0.283 e. The normalized spacial score (nSPS) is 17.7. The van der Waals surface area contributed by atoms with Gasteiger partial charge >= 0.3 is 0 Å². The minimum absolute atomic E-state index is 0.157. The first kappa shape index (κ1) is 12.3. The molecule has 18 heavy (non-hydrogen) atoms. The van der Waals surface area contributed by atoms with Crippen LogP contribution in [0.1, 0.15) is 13.8 Å². The molecule has 1 aromatic rings. The minimum atomic E-state index is -0.157. The fraction of sp³-hybridized carbons (Fsp3) is 0.357. The van der Waals surface area contributed by atoms with Crippen LogP contribution in [-0.2, 0) is 4.74 Å². The molecule has 0 saturated carbocycles. The van der Waals surface area contributed by atoms with Crippen molar-refractivity contribution in [3.05, 3.63) is 30.3 Å². The molecule has 0 fully saturated rings. The van der Waals surface area contributed by atoms with Gasteiger partial charge in [0.25, 0.3) is 6.02 Å². The van der Waals surface area contributed by atoms with E-state index in [2.05, 4.69) is 30.8 Å². The molecule has 0 spiro atoms. The second-order valence-electron chi connectivity index (χ2n) is 4.35. The summed E-state index contributed by atoms with van der Waals surface area (Å²) in [4.78, 5) is 6.10. The Labute approximate surface area is 107 Å². The van der Waals surface area contributed by atoms with Crippen molar-refractivity contribution in [2.75, 3.05) is 11.5 Å². The summed E-state index contributed by atoms with van der Waals surface area (Å²) in [5, 5.41) is 0.